The molecule has 2 amide bonds. The summed E-state index contributed by atoms with van der Waals surface area (Å²) in [7, 11) is 0. The number of anilines is 2. The smallest absolute Gasteiger partial charge is 0.313 e. The highest BCUT2D eigenvalue weighted by atomic mass is 35.5. The molecule has 0 atom stereocenters. The fourth-order valence-electron chi connectivity index (χ4n) is 3.32. The summed E-state index contributed by atoms with van der Waals surface area (Å²) >= 11 is 12.0. The van der Waals surface area contributed by atoms with Gasteiger partial charge in [-0.3, -0.25) is 14.5 Å². The van der Waals surface area contributed by atoms with Crippen molar-refractivity contribution in [1.29, 1.82) is 0 Å². The number of aryl methyl sites for hydroxylation is 1. The molecule has 1 saturated heterocycles. The Bertz CT molecular complexity index is 881. The van der Waals surface area contributed by atoms with Gasteiger partial charge in [0, 0.05) is 54.1 Å². The highest BCUT2D eigenvalue weighted by molar-refractivity contribution is 6.39. The molecule has 1 heterocycles. The van der Waals surface area contributed by atoms with Crippen LogP contribution in [0.15, 0.2) is 42.5 Å². The molecule has 1 aliphatic heterocycles. The van der Waals surface area contributed by atoms with E-state index in [4.69, 9.17) is 23.2 Å². The van der Waals surface area contributed by atoms with E-state index < -0.39 is 11.8 Å². The normalized spacial score (nSPS) is 14.4. The van der Waals surface area contributed by atoms with Gasteiger partial charge in [-0.25, -0.2) is 0 Å². The Hall–Kier alpha value is -2.28. The molecule has 6 nitrogen and oxygen atoms in total. The maximum atomic E-state index is 12.0. The average molecular weight is 449 g/mol. The molecule has 1 fully saturated rings. The third-order valence-corrected chi connectivity index (χ3v) is 5.80. The molecule has 3 rings (SSSR count). The maximum Gasteiger partial charge on any atom is 0.313 e. The Labute approximate surface area is 187 Å². The van der Waals surface area contributed by atoms with Crippen molar-refractivity contribution in [2.24, 2.45) is 0 Å². The first kappa shape index (κ1) is 22.4. The molecular formula is C22H26Cl2N4O2. The molecule has 0 spiro atoms. The molecule has 0 bridgehead atoms. The Kier molecular flexibility index (Phi) is 7.96. The van der Waals surface area contributed by atoms with Crippen LogP contribution >= 0.6 is 23.2 Å². The van der Waals surface area contributed by atoms with Crippen molar-refractivity contribution in [3.63, 3.8) is 0 Å². The van der Waals surface area contributed by atoms with Crippen molar-refractivity contribution in [3.8, 4) is 0 Å². The van der Waals surface area contributed by atoms with Crippen LogP contribution < -0.4 is 15.5 Å². The monoisotopic (exact) mass is 448 g/mol. The van der Waals surface area contributed by atoms with Gasteiger partial charge in [0.05, 0.1) is 0 Å². The Balaban J connectivity index is 1.33. The summed E-state index contributed by atoms with van der Waals surface area (Å²) in [5.74, 6) is -1.33. The molecule has 2 aromatic rings. The number of halogens is 2. The standard InChI is InChI=1S/C22H26Cl2N4O2/c1-16-3-6-18(15-20(16)24)26-22(30)21(29)25-9-2-10-27-11-13-28(14-12-27)19-7-4-17(23)5-8-19/h3-8,15H,2,9-14H2,1H3,(H,25,29)(H,26,30). The van der Waals surface area contributed by atoms with Crippen LogP contribution in [0.4, 0.5) is 11.4 Å². The number of piperazine rings is 1. The number of nitrogens with one attached hydrogen (secondary N) is 2. The zero-order chi connectivity index (χ0) is 21.5. The lowest BCUT2D eigenvalue weighted by molar-refractivity contribution is -0.136. The van der Waals surface area contributed by atoms with E-state index in [9.17, 15) is 9.59 Å². The summed E-state index contributed by atoms with van der Waals surface area (Å²) in [5.41, 5.74) is 2.60. The highest BCUT2D eigenvalue weighted by Crippen LogP contribution is 2.20. The van der Waals surface area contributed by atoms with Gasteiger partial charge in [-0.2, -0.15) is 0 Å². The molecule has 2 N–H and O–H groups in total. The predicted molar refractivity (Wildman–Crippen MR) is 123 cm³/mol. The Morgan fingerprint density at radius 1 is 0.967 bits per heavy atom. The van der Waals surface area contributed by atoms with E-state index in [2.05, 4.69) is 20.4 Å². The minimum Gasteiger partial charge on any atom is -0.369 e. The van der Waals surface area contributed by atoms with E-state index in [1.165, 1.54) is 5.69 Å². The molecule has 0 saturated carbocycles. The van der Waals surface area contributed by atoms with Crippen LogP contribution in [0, 0.1) is 6.92 Å². The number of amides is 2. The van der Waals surface area contributed by atoms with E-state index in [1.54, 1.807) is 18.2 Å². The Morgan fingerprint density at radius 3 is 2.33 bits per heavy atom. The molecule has 0 unspecified atom stereocenters. The van der Waals surface area contributed by atoms with Crippen LogP contribution in [0.2, 0.25) is 10.0 Å². The van der Waals surface area contributed by atoms with Crippen LogP contribution in [-0.4, -0.2) is 56.0 Å². The molecule has 160 valence electrons. The minimum absolute atomic E-state index is 0.457. The molecule has 0 radical (unpaired) electrons. The van der Waals surface area contributed by atoms with Crippen LogP contribution in [0.1, 0.15) is 12.0 Å². The zero-order valence-electron chi connectivity index (χ0n) is 17.0. The first-order valence-corrected chi connectivity index (χ1v) is 10.8. The number of carbonyl (C=O) groups excluding carboxylic acids is 2. The maximum absolute atomic E-state index is 12.0. The van der Waals surface area contributed by atoms with Crippen LogP contribution in [0.5, 0.6) is 0 Å². The molecule has 8 heteroatoms. The van der Waals surface area contributed by atoms with Crippen molar-refractivity contribution < 1.29 is 9.59 Å². The van der Waals surface area contributed by atoms with E-state index in [-0.39, 0.29) is 0 Å². The second-order valence-electron chi connectivity index (χ2n) is 7.33. The van der Waals surface area contributed by atoms with Crippen LogP contribution in [0.25, 0.3) is 0 Å². The second-order valence-corrected chi connectivity index (χ2v) is 8.18. The second kappa shape index (κ2) is 10.7. The van der Waals surface area contributed by atoms with Crippen molar-refractivity contribution in [2.45, 2.75) is 13.3 Å². The van der Waals surface area contributed by atoms with Gasteiger partial charge in [-0.1, -0.05) is 29.3 Å². The first-order valence-electron chi connectivity index (χ1n) is 10.0. The lowest BCUT2D eigenvalue weighted by atomic mass is 10.2. The quantitative estimate of drug-likeness (QED) is 0.523. The molecular weight excluding hydrogens is 423 g/mol. The topological polar surface area (TPSA) is 64.7 Å². The van der Waals surface area contributed by atoms with Gasteiger partial charge in [0.25, 0.3) is 0 Å². The predicted octanol–water partition coefficient (Wildman–Crippen LogP) is 3.57. The lowest BCUT2D eigenvalue weighted by Gasteiger charge is -2.36. The van der Waals surface area contributed by atoms with Gasteiger partial charge < -0.3 is 15.5 Å². The van der Waals surface area contributed by atoms with E-state index in [0.717, 1.165) is 49.7 Å². The van der Waals surface area contributed by atoms with Gasteiger partial charge in [-0.05, 0) is 61.9 Å². The summed E-state index contributed by atoms with van der Waals surface area (Å²) in [4.78, 5) is 28.7. The summed E-state index contributed by atoms with van der Waals surface area (Å²) in [6.45, 7) is 7.04. The number of nitrogens with zero attached hydrogens (tertiary/aromatic N) is 2. The number of benzene rings is 2. The van der Waals surface area contributed by atoms with Crippen LogP contribution in [0.3, 0.4) is 0 Å². The van der Waals surface area contributed by atoms with E-state index in [1.807, 2.05) is 31.2 Å². The molecule has 0 aromatic heterocycles. The largest absolute Gasteiger partial charge is 0.369 e. The van der Waals surface area contributed by atoms with E-state index in [0.29, 0.717) is 17.3 Å². The molecule has 30 heavy (non-hydrogen) atoms. The molecule has 0 aliphatic carbocycles. The Morgan fingerprint density at radius 2 is 1.67 bits per heavy atom. The first-order chi connectivity index (χ1) is 14.4. The molecule has 1 aliphatic rings. The number of carbonyl (C=O) groups is 2. The number of rotatable bonds is 6. The van der Waals surface area contributed by atoms with Gasteiger partial charge in [0.2, 0.25) is 0 Å². The number of hydrogen-bond donors (Lipinski definition) is 2. The lowest BCUT2D eigenvalue weighted by Crippen LogP contribution is -2.47. The number of hydrogen-bond acceptors (Lipinski definition) is 4. The van der Waals surface area contributed by atoms with Crippen molar-refractivity contribution >= 4 is 46.4 Å². The van der Waals surface area contributed by atoms with E-state index >= 15 is 0 Å². The van der Waals surface area contributed by atoms with Gasteiger partial charge in [0.15, 0.2) is 0 Å². The van der Waals surface area contributed by atoms with Crippen molar-refractivity contribution in [1.82, 2.24) is 10.2 Å². The molecule has 2 aromatic carbocycles. The highest BCUT2D eigenvalue weighted by Gasteiger charge is 2.17. The van der Waals surface area contributed by atoms with Gasteiger partial charge in [-0.15, -0.1) is 0 Å². The summed E-state index contributed by atoms with van der Waals surface area (Å²) in [6, 6.07) is 13.1. The van der Waals surface area contributed by atoms with Crippen molar-refractivity contribution in [3.05, 3.63) is 58.1 Å². The summed E-state index contributed by atoms with van der Waals surface area (Å²) in [5, 5.41) is 6.53. The summed E-state index contributed by atoms with van der Waals surface area (Å²) < 4.78 is 0. The van der Waals surface area contributed by atoms with Crippen molar-refractivity contribution in [2.75, 3.05) is 49.5 Å². The van der Waals surface area contributed by atoms with Gasteiger partial charge >= 0.3 is 11.8 Å². The minimum atomic E-state index is -0.688. The zero-order valence-corrected chi connectivity index (χ0v) is 18.5. The van der Waals surface area contributed by atoms with Crippen LogP contribution in [-0.2, 0) is 9.59 Å². The fraction of sp³-hybridized carbons (Fsp3) is 0.364. The average Bonchev–Trinajstić information content (AvgIpc) is 2.74. The SMILES string of the molecule is Cc1ccc(NC(=O)C(=O)NCCCN2CCN(c3ccc(Cl)cc3)CC2)cc1Cl. The third-order valence-electron chi connectivity index (χ3n) is 5.14. The third kappa shape index (κ3) is 6.36. The fourth-order valence-corrected chi connectivity index (χ4v) is 3.63. The van der Waals surface area contributed by atoms with Gasteiger partial charge in [0.1, 0.15) is 0 Å². The summed E-state index contributed by atoms with van der Waals surface area (Å²) in [6.07, 6.45) is 0.788.